The summed E-state index contributed by atoms with van der Waals surface area (Å²) >= 11 is 3.10. The molecule has 0 aliphatic carbocycles. The van der Waals surface area contributed by atoms with Gasteiger partial charge in [-0.25, -0.2) is 17.2 Å². The van der Waals surface area contributed by atoms with E-state index in [0.717, 1.165) is 3.97 Å². The fraction of sp³-hybridized carbons (Fsp3) is 0.250. The fourth-order valence-corrected chi connectivity index (χ4v) is 4.68. The summed E-state index contributed by atoms with van der Waals surface area (Å²) in [6, 6.07) is 7.93. The summed E-state index contributed by atoms with van der Waals surface area (Å²) in [5.41, 5.74) is 0.303. The molecule has 0 radical (unpaired) electrons. The van der Waals surface area contributed by atoms with Crippen molar-refractivity contribution in [1.82, 2.24) is 3.97 Å². The van der Waals surface area contributed by atoms with Crippen LogP contribution in [0, 0.1) is 0 Å². The molecule has 1 aliphatic rings. The minimum Gasteiger partial charge on any atom is -0.464 e. The summed E-state index contributed by atoms with van der Waals surface area (Å²) in [5, 5.41) is -0.0714. The van der Waals surface area contributed by atoms with E-state index in [2.05, 4.69) is 15.9 Å². The fourth-order valence-electron chi connectivity index (χ4n) is 2.85. The second kappa shape index (κ2) is 6.64. The molecule has 7 nitrogen and oxygen atoms in total. The lowest BCUT2D eigenvalue weighted by atomic mass is 10.1. The van der Waals surface area contributed by atoms with E-state index in [1.165, 1.54) is 35.4 Å². The normalized spacial score (nSPS) is 18.0. The molecule has 2 heterocycles. The number of halogens is 1. The molecule has 0 fully saturated rings. The second-order valence-electron chi connectivity index (χ2n) is 5.25. The van der Waals surface area contributed by atoms with Crippen LogP contribution in [0.25, 0.3) is 0 Å². The minimum atomic E-state index is -3.95. The summed E-state index contributed by atoms with van der Waals surface area (Å²) in [6.07, 6.45) is 1.36. The van der Waals surface area contributed by atoms with Gasteiger partial charge in [0.15, 0.2) is 6.04 Å². The summed E-state index contributed by atoms with van der Waals surface area (Å²) in [4.78, 5) is 26.4. The molecule has 9 heteroatoms. The van der Waals surface area contributed by atoms with Gasteiger partial charge in [-0.05, 0) is 31.2 Å². The van der Waals surface area contributed by atoms with Crippen LogP contribution < -0.4 is 4.90 Å². The molecule has 0 saturated heterocycles. The second-order valence-corrected chi connectivity index (χ2v) is 7.60. The lowest BCUT2D eigenvalue weighted by molar-refractivity contribution is -0.146. The van der Waals surface area contributed by atoms with Crippen LogP contribution in [0.2, 0.25) is 0 Å². The Bertz CT molecular complexity index is 938. The summed E-state index contributed by atoms with van der Waals surface area (Å²) in [6.45, 7) is 1.76. The number of nitrogens with zero attached hydrogens (tertiary/aromatic N) is 2. The van der Waals surface area contributed by atoms with Gasteiger partial charge in [0.25, 0.3) is 10.0 Å². The van der Waals surface area contributed by atoms with Gasteiger partial charge >= 0.3 is 5.97 Å². The molecule has 25 heavy (non-hydrogen) atoms. The number of rotatable bonds is 3. The molecule has 2 aromatic rings. The zero-order chi connectivity index (χ0) is 18.2. The minimum absolute atomic E-state index is 0.0476. The molecule has 1 aromatic heterocycles. The number of hydrogen-bond acceptors (Lipinski definition) is 5. The SMILES string of the molecule is CCOC(=O)C1c2cccn2S(=O)(=O)c2ccccc2N1C(=O)CBr. The highest BCUT2D eigenvalue weighted by Crippen LogP contribution is 2.39. The third-order valence-corrected chi connectivity index (χ3v) is 6.07. The van der Waals surface area contributed by atoms with Gasteiger partial charge in [0.2, 0.25) is 5.91 Å². The highest BCUT2D eigenvalue weighted by Gasteiger charge is 2.42. The molecule has 0 bridgehead atoms. The van der Waals surface area contributed by atoms with Gasteiger partial charge in [0.05, 0.1) is 23.3 Å². The first-order valence-corrected chi connectivity index (χ1v) is 10.1. The van der Waals surface area contributed by atoms with E-state index in [0.29, 0.717) is 0 Å². The van der Waals surface area contributed by atoms with Crippen LogP contribution in [0.3, 0.4) is 0 Å². The van der Waals surface area contributed by atoms with Crippen LogP contribution in [0.15, 0.2) is 47.5 Å². The van der Waals surface area contributed by atoms with Crippen molar-refractivity contribution in [2.24, 2.45) is 0 Å². The molecule has 1 aromatic carbocycles. The van der Waals surface area contributed by atoms with Crippen molar-refractivity contribution in [3.63, 3.8) is 0 Å². The maximum absolute atomic E-state index is 13.0. The predicted octanol–water partition coefficient (Wildman–Crippen LogP) is 2.07. The first-order chi connectivity index (χ1) is 11.9. The molecular weight excluding hydrogens is 412 g/mol. The number of hydrogen-bond donors (Lipinski definition) is 0. The summed E-state index contributed by atoms with van der Waals surface area (Å²) < 4.78 is 32.2. The number of para-hydroxylation sites is 1. The lowest BCUT2D eigenvalue weighted by Crippen LogP contribution is -2.40. The van der Waals surface area contributed by atoms with Crippen molar-refractivity contribution in [3.05, 3.63) is 48.3 Å². The van der Waals surface area contributed by atoms with Crippen LogP contribution >= 0.6 is 15.9 Å². The van der Waals surface area contributed by atoms with Gasteiger partial charge in [0, 0.05) is 6.20 Å². The van der Waals surface area contributed by atoms with E-state index in [1.807, 2.05) is 0 Å². The molecule has 1 atom stereocenters. The Morgan fingerprint density at radius 2 is 1.92 bits per heavy atom. The number of benzene rings is 1. The number of carbonyl (C=O) groups excluding carboxylic acids is 2. The van der Waals surface area contributed by atoms with E-state index < -0.39 is 27.9 Å². The Kier molecular flexibility index (Phi) is 4.70. The van der Waals surface area contributed by atoms with Crippen LogP contribution in [0.4, 0.5) is 5.69 Å². The maximum atomic E-state index is 13.0. The predicted molar refractivity (Wildman–Crippen MR) is 94.1 cm³/mol. The van der Waals surface area contributed by atoms with Gasteiger partial charge in [-0.15, -0.1) is 0 Å². The van der Waals surface area contributed by atoms with E-state index in [4.69, 9.17) is 4.74 Å². The molecule has 0 saturated carbocycles. The Morgan fingerprint density at radius 1 is 1.20 bits per heavy atom. The van der Waals surface area contributed by atoms with E-state index in [-0.39, 0.29) is 28.2 Å². The first kappa shape index (κ1) is 17.7. The first-order valence-electron chi connectivity index (χ1n) is 7.50. The largest absolute Gasteiger partial charge is 0.464 e. The number of alkyl halides is 1. The number of anilines is 1. The van der Waals surface area contributed by atoms with Crippen molar-refractivity contribution in [3.8, 4) is 0 Å². The Morgan fingerprint density at radius 3 is 2.60 bits per heavy atom. The van der Waals surface area contributed by atoms with Crippen molar-refractivity contribution in [1.29, 1.82) is 0 Å². The summed E-state index contributed by atoms with van der Waals surface area (Å²) in [5.74, 6) is -1.14. The zero-order valence-corrected chi connectivity index (χ0v) is 15.7. The number of esters is 1. The van der Waals surface area contributed by atoms with Crippen LogP contribution in [0.1, 0.15) is 18.7 Å². The third kappa shape index (κ3) is 2.77. The van der Waals surface area contributed by atoms with Crippen LogP contribution in [0.5, 0.6) is 0 Å². The van der Waals surface area contributed by atoms with Crippen LogP contribution in [-0.4, -0.2) is 36.2 Å². The van der Waals surface area contributed by atoms with Crippen molar-refractivity contribution < 1.29 is 22.7 Å². The highest BCUT2D eigenvalue weighted by molar-refractivity contribution is 9.09. The average Bonchev–Trinajstić information content (AvgIpc) is 3.06. The number of carbonyl (C=O) groups is 2. The number of fused-ring (bicyclic) bond motifs is 2. The Labute approximate surface area is 153 Å². The number of amides is 1. The van der Waals surface area contributed by atoms with E-state index in [9.17, 15) is 18.0 Å². The van der Waals surface area contributed by atoms with E-state index in [1.54, 1.807) is 19.1 Å². The Hall–Kier alpha value is -2.13. The monoisotopic (exact) mass is 426 g/mol. The molecule has 3 rings (SSSR count). The number of ether oxygens (including phenoxy) is 1. The van der Waals surface area contributed by atoms with Gasteiger partial charge in [0.1, 0.15) is 4.90 Å². The average molecular weight is 427 g/mol. The topological polar surface area (TPSA) is 85.7 Å². The van der Waals surface area contributed by atoms with Gasteiger partial charge in [-0.1, -0.05) is 28.1 Å². The molecule has 0 N–H and O–H groups in total. The van der Waals surface area contributed by atoms with E-state index >= 15 is 0 Å². The zero-order valence-electron chi connectivity index (χ0n) is 13.3. The third-order valence-electron chi connectivity index (χ3n) is 3.84. The van der Waals surface area contributed by atoms with Crippen molar-refractivity contribution in [2.45, 2.75) is 17.9 Å². The van der Waals surface area contributed by atoms with Crippen molar-refractivity contribution in [2.75, 3.05) is 16.8 Å². The van der Waals surface area contributed by atoms with Crippen LogP contribution in [-0.2, 0) is 24.3 Å². The molecular formula is C16H15BrN2O5S. The Balaban J connectivity index is 2.37. The van der Waals surface area contributed by atoms with Gasteiger partial charge < -0.3 is 4.74 Å². The van der Waals surface area contributed by atoms with Crippen molar-refractivity contribution >= 4 is 43.5 Å². The maximum Gasteiger partial charge on any atom is 0.335 e. The number of aromatic nitrogens is 1. The van der Waals surface area contributed by atoms with Gasteiger partial charge in [-0.2, -0.15) is 0 Å². The molecule has 1 aliphatic heterocycles. The lowest BCUT2D eigenvalue weighted by Gasteiger charge is -2.28. The molecule has 1 amide bonds. The molecule has 0 spiro atoms. The standard InChI is InChI=1S/C16H15BrN2O5S/c1-2-24-16(21)15-12-7-5-9-18(12)25(22,23)13-8-4-3-6-11(13)19(15)14(20)10-17/h3-9,15H,2,10H2,1H3. The quantitative estimate of drug-likeness (QED) is 0.553. The summed E-state index contributed by atoms with van der Waals surface area (Å²) in [7, 11) is -3.95. The highest BCUT2D eigenvalue weighted by atomic mass is 79.9. The molecule has 1 unspecified atom stereocenters. The smallest absolute Gasteiger partial charge is 0.335 e. The van der Waals surface area contributed by atoms with Gasteiger partial charge in [-0.3, -0.25) is 9.69 Å². The molecule has 132 valence electrons.